The molecule has 84 valence electrons. The smallest absolute Gasteiger partial charge is 0.373 e. The highest BCUT2D eigenvalue weighted by Crippen LogP contribution is 2.20. The molecule has 0 saturated heterocycles. The van der Waals surface area contributed by atoms with Crippen LogP contribution in [-0.4, -0.2) is 17.2 Å². The van der Waals surface area contributed by atoms with Gasteiger partial charge in [0.25, 0.3) is 0 Å². The Kier molecular flexibility index (Phi) is 4.30. The topological polar surface area (TPSA) is 59.2 Å². The van der Waals surface area contributed by atoms with Crippen LogP contribution in [0.3, 0.4) is 0 Å². The fraction of sp³-hybridized carbons (Fsp3) is 0.250. The molecule has 1 N–H and O–H groups in total. The van der Waals surface area contributed by atoms with E-state index in [4.69, 9.17) is 14.3 Å². The van der Waals surface area contributed by atoms with Crippen LogP contribution >= 0.6 is 0 Å². The van der Waals surface area contributed by atoms with E-state index in [1.807, 2.05) is 44.3 Å². The van der Waals surface area contributed by atoms with E-state index in [1.165, 1.54) is 5.39 Å². The van der Waals surface area contributed by atoms with Crippen LogP contribution in [0.15, 0.2) is 30.5 Å². The number of benzene rings is 1. The van der Waals surface area contributed by atoms with Crippen molar-refractivity contribution in [3.63, 3.8) is 0 Å². The Morgan fingerprint density at radius 2 is 1.94 bits per heavy atom. The first-order valence-corrected chi connectivity index (χ1v) is 4.90. The Labute approximate surface area is 93.2 Å². The lowest BCUT2D eigenvalue weighted by Crippen LogP contribution is -2.04. The highest BCUT2D eigenvalue weighted by atomic mass is 16.5. The summed E-state index contributed by atoms with van der Waals surface area (Å²) in [5, 5.41) is 1.19. The Hall–Kier alpha value is -2.06. The molecule has 0 saturated carbocycles. The number of carbonyl (C=O) groups excluding carboxylic acids is 2. The minimum atomic E-state index is 0.233. The van der Waals surface area contributed by atoms with Gasteiger partial charge < -0.3 is 9.72 Å². The SMILES string of the molecule is CC(C)Oc1ccc2[nH]ccc2c1.O=C=O. The van der Waals surface area contributed by atoms with Crippen molar-refractivity contribution in [1.82, 2.24) is 4.98 Å². The van der Waals surface area contributed by atoms with E-state index in [2.05, 4.69) is 4.98 Å². The summed E-state index contributed by atoms with van der Waals surface area (Å²) in [6.45, 7) is 4.06. The van der Waals surface area contributed by atoms with Crippen molar-refractivity contribution in [2.75, 3.05) is 0 Å². The number of hydrogen-bond donors (Lipinski definition) is 1. The molecule has 0 atom stereocenters. The van der Waals surface area contributed by atoms with Crippen molar-refractivity contribution in [2.24, 2.45) is 0 Å². The van der Waals surface area contributed by atoms with Gasteiger partial charge in [-0.2, -0.15) is 9.59 Å². The van der Waals surface area contributed by atoms with Crippen LogP contribution in [-0.2, 0) is 9.59 Å². The molecule has 0 aliphatic carbocycles. The molecule has 2 rings (SSSR count). The van der Waals surface area contributed by atoms with Crippen molar-refractivity contribution in [1.29, 1.82) is 0 Å². The Bertz CT molecular complexity index is 482. The second-order valence-electron chi connectivity index (χ2n) is 3.48. The van der Waals surface area contributed by atoms with Gasteiger partial charge >= 0.3 is 6.15 Å². The Balaban J connectivity index is 0.000000386. The molecule has 2 aromatic rings. The lowest BCUT2D eigenvalue weighted by molar-refractivity contribution is -0.191. The average Bonchev–Trinajstić information content (AvgIpc) is 2.64. The largest absolute Gasteiger partial charge is 0.491 e. The highest BCUT2D eigenvalue weighted by molar-refractivity contribution is 5.80. The monoisotopic (exact) mass is 219 g/mol. The molecule has 0 spiro atoms. The van der Waals surface area contributed by atoms with Gasteiger partial charge in [-0.1, -0.05) is 0 Å². The van der Waals surface area contributed by atoms with Gasteiger partial charge in [-0.15, -0.1) is 0 Å². The third kappa shape index (κ3) is 3.26. The van der Waals surface area contributed by atoms with Crippen LogP contribution in [0.1, 0.15) is 13.8 Å². The predicted molar refractivity (Wildman–Crippen MR) is 59.1 cm³/mol. The van der Waals surface area contributed by atoms with Crippen LogP contribution in [0.2, 0.25) is 0 Å². The van der Waals surface area contributed by atoms with E-state index in [-0.39, 0.29) is 12.3 Å². The van der Waals surface area contributed by atoms with Crippen LogP contribution in [0.25, 0.3) is 10.9 Å². The molecule has 1 aromatic carbocycles. The quantitative estimate of drug-likeness (QED) is 0.843. The van der Waals surface area contributed by atoms with Crippen molar-refractivity contribution >= 4 is 17.1 Å². The van der Waals surface area contributed by atoms with E-state index in [0.29, 0.717) is 0 Å². The average molecular weight is 219 g/mol. The molecule has 0 unspecified atom stereocenters. The van der Waals surface area contributed by atoms with Gasteiger partial charge in [0.2, 0.25) is 0 Å². The molecule has 0 aliphatic rings. The molecule has 1 heterocycles. The molecule has 1 aromatic heterocycles. The molecule has 0 radical (unpaired) electrons. The van der Waals surface area contributed by atoms with Crippen LogP contribution in [0.4, 0.5) is 0 Å². The van der Waals surface area contributed by atoms with Crippen molar-refractivity contribution in [2.45, 2.75) is 20.0 Å². The lowest BCUT2D eigenvalue weighted by Gasteiger charge is -2.08. The van der Waals surface area contributed by atoms with E-state index >= 15 is 0 Å². The van der Waals surface area contributed by atoms with Gasteiger partial charge in [0, 0.05) is 17.1 Å². The zero-order valence-electron chi connectivity index (χ0n) is 9.19. The Morgan fingerprint density at radius 3 is 2.56 bits per heavy atom. The number of nitrogens with one attached hydrogen (secondary N) is 1. The molecule has 0 aliphatic heterocycles. The maximum Gasteiger partial charge on any atom is 0.373 e. The van der Waals surface area contributed by atoms with E-state index < -0.39 is 0 Å². The van der Waals surface area contributed by atoms with E-state index in [0.717, 1.165) is 11.3 Å². The van der Waals surface area contributed by atoms with Gasteiger partial charge in [-0.25, -0.2) is 0 Å². The fourth-order valence-electron chi connectivity index (χ4n) is 1.38. The summed E-state index contributed by atoms with van der Waals surface area (Å²) in [5.41, 5.74) is 1.15. The van der Waals surface area contributed by atoms with Crippen molar-refractivity contribution in [3.05, 3.63) is 30.5 Å². The molecular formula is C12H13NO3. The summed E-state index contributed by atoms with van der Waals surface area (Å²) < 4.78 is 5.58. The van der Waals surface area contributed by atoms with Crippen LogP contribution < -0.4 is 4.74 Å². The number of aromatic amines is 1. The number of aromatic nitrogens is 1. The molecule has 0 amide bonds. The summed E-state index contributed by atoms with van der Waals surface area (Å²) >= 11 is 0. The summed E-state index contributed by atoms with van der Waals surface area (Å²) in [4.78, 5) is 19.4. The molecule has 16 heavy (non-hydrogen) atoms. The zero-order valence-corrected chi connectivity index (χ0v) is 9.19. The van der Waals surface area contributed by atoms with Crippen molar-refractivity contribution in [3.8, 4) is 5.75 Å². The van der Waals surface area contributed by atoms with Crippen molar-refractivity contribution < 1.29 is 14.3 Å². The molecular weight excluding hydrogens is 206 g/mol. The molecule has 0 fully saturated rings. The van der Waals surface area contributed by atoms with Gasteiger partial charge in [0.15, 0.2) is 0 Å². The summed E-state index contributed by atoms with van der Waals surface area (Å²) in [7, 11) is 0. The lowest BCUT2D eigenvalue weighted by atomic mass is 10.2. The number of rotatable bonds is 2. The second-order valence-corrected chi connectivity index (χ2v) is 3.48. The number of H-pyrrole nitrogens is 1. The first-order valence-electron chi connectivity index (χ1n) is 4.90. The summed E-state index contributed by atoms with van der Waals surface area (Å²) in [6.07, 6.45) is 2.42. The summed E-state index contributed by atoms with van der Waals surface area (Å²) in [5.74, 6) is 0.933. The number of fused-ring (bicyclic) bond motifs is 1. The highest BCUT2D eigenvalue weighted by Gasteiger charge is 1.99. The standard InChI is InChI=1S/C11H13NO.CO2/c1-8(2)13-10-3-4-11-9(7-10)5-6-12-11;2-1-3/h3-8,12H,1-2H3;. The number of ether oxygens (including phenoxy) is 1. The molecule has 4 heteroatoms. The van der Waals surface area contributed by atoms with Gasteiger partial charge in [0.1, 0.15) is 5.75 Å². The first-order chi connectivity index (χ1) is 7.67. The maximum absolute atomic E-state index is 8.12. The minimum absolute atomic E-state index is 0.233. The maximum atomic E-state index is 8.12. The summed E-state index contributed by atoms with van der Waals surface area (Å²) in [6, 6.07) is 8.11. The normalized spacial score (nSPS) is 9.44. The minimum Gasteiger partial charge on any atom is -0.491 e. The van der Waals surface area contributed by atoms with Crippen LogP contribution in [0.5, 0.6) is 5.75 Å². The van der Waals surface area contributed by atoms with Gasteiger partial charge in [0.05, 0.1) is 6.10 Å². The first kappa shape index (κ1) is 12.0. The van der Waals surface area contributed by atoms with Crippen LogP contribution in [0, 0.1) is 0 Å². The predicted octanol–water partition coefficient (Wildman–Crippen LogP) is 2.37. The molecule has 0 bridgehead atoms. The van der Waals surface area contributed by atoms with E-state index in [1.54, 1.807) is 0 Å². The van der Waals surface area contributed by atoms with E-state index in [9.17, 15) is 0 Å². The van der Waals surface area contributed by atoms with Gasteiger partial charge in [-0.3, -0.25) is 0 Å². The second kappa shape index (κ2) is 5.73. The Morgan fingerprint density at radius 1 is 1.25 bits per heavy atom. The van der Waals surface area contributed by atoms with Gasteiger partial charge in [-0.05, 0) is 38.1 Å². The zero-order chi connectivity index (χ0) is 12.0. The third-order valence-corrected chi connectivity index (χ3v) is 1.90. The third-order valence-electron chi connectivity index (χ3n) is 1.90. The number of hydrogen-bond acceptors (Lipinski definition) is 3. The molecule has 4 nitrogen and oxygen atoms in total. The fourth-order valence-corrected chi connectivity index (χ4v) is 1.38.